The van der Waals surface area contributed by atoms with E-state index in [1.165, 1.54) is 0 Å². The maximum absolute atomic E-state index is 13.0. The Bertz CT molecular complexity index is 882. The van der Waals surface area contributed by atoms with Crippen LogP contribution in [0, 0.1) is 5.92 Å². The fourth-order valence-corrected chi connectivity index (χ4v) is 3.36. The number of nitrogens with one attached hydrogen (secondary N) is 3. The monoisotopic (exact) mass is 510 g/mol. The van der Waals surface area contributed by atoms with Crippen molar-refractivity contribution in [3.8, 4) is 0 Å². The molecule has 0 aliphatic rings. The van der Waals surface area contributed by atoms with Crippen LogP contribution in [0.2, 0.25) is 0 Å². The van der Waals surface area contributed by atoms with E-state index < -0.39 is 60.2 Å². The Morgan fingerprint density at radius 2 is 1.43 bits per heavy atom. The van der Waals surface area contributed by atoms with Crippen molar-refractivity contribution in [2.24, 2.45) is 11.7 Å². The van der Waals surface area contributed by atoms with Gasteiger partial charge in [0.25, 0.3) is 0 Å². The van der Waals surface area contributed by atoms with Crippen LogP contribution in [0.15, 0.2) is 30.3 Å². The van der Waals surface area contributed by atoms with Crippen molar-refractivity contribution in [3.05, 3.63) is 35.9 Å². The summed E-state index contributed by atoms with van der Waals surface area (Å²) < 4.78 is 0. The first kappa shape index (κ1) is 29.9. The van der Waals surface area contributed by atoms with Crippen LogP contribution in [0.1, 0.15) is 38.7 Å². The topological polar surface area (TPSA) is 188 Å². The van der Waals surface area contributed by atoms with Crippen molar-refractivity contribution < 1.29 is 34.2 Å². The molecule has 0 spiro atoms. The number of rotatable bonds is 15. The van der Waals surface area contributed by atoms with Gasteiger partial charge < -0.3 is 31.9 Å². The minimum absolute atomic E-state index is 0.00453. The molecule has 194 valence electrons. The Kier molecular flexibility index (Phi) is 12.8. The molecule has 7 N–H and O–H groups in total. The second-order valence-electron chi connectivity index (χ2n) is 8.56. The number of amides is 3. The van der Waals surface area contributed by atoms with Gasteiger partial charge in [0.2, 0.25) is 17.7 Å². The lowest BCUT2D eigenvalue weighted by atomic mass is 10.0. The van der Waals surface area contributed by atoms with Crippen LogP contribution < -0.4 is 21.7 Å². The summed E-state index contributed by atoms with van der Waals surface area (Å²) in [6.07, 6.45) is -0.426. The largest absolute Gasteiger partial charge is 0.481 e. The standard InChI is InChI=1S/C23H34N4O7S/c1-13(2)10-18(23(33)34)27-22(32)17(11-14-6-4-3-5-7-14)26-21(31)16(8-9-19(28)29)25-20(30)15(24)12-35/h3-7,13,15-18,35H,8-12,24H2,1-2H3,(H,25,30)(H,26,31)(H,27,32)(H,28,29)(H,33,34)/t15-,16-,17-,18-/m0/s1. The molecule has 0 saturated heterocycles. The Balaban J connectivity index is 3.13. The van der Waals surface area contributed by atoms with Crippen molar-refractivity contribution in [2.45, 2.75) is 63.7 Å². The van der Waals surface area contributed by atoms with Gasteiger partial charge in [0, 0.05) is 18.6 Å². The van der Waals surface area contributed by atoms with Crippen LogP contribution in [0.3, 0.4) is 0 Å². The molecule has 0 aliphatic carbocycles. The second kappa shape index (κ2) is 15.0. The molecule has 11 nitrogen and oxygen atoms in total. The van der Waals surface area contributed by atoms with Gasteiger partial charge >= 0.3 is 11.9 Å². The van der Waals surface area contributed by atoms with E-state index in [4.69, 9.17) is 10.8 Å². The number of thiol groups is 1. The minimum atomic E-state index is -1.28. The Labute approximate surface area is 209 Å². The lowest BCUT2D eigenvalue weighted by Crippen LogP contribution is -2.58. The van der Waals surface area contributed by atoms with E-state index in [-0.39, 0.29) is 30.9 Å². The van der Waals surface area contributed by atoms with Gasteiger partial charge in [-0.15, -0.1) is 0 Å². The van der Waals surface area contributed by atoms with E-state index in [1.807, 2.05) is 13.8 Å². The van der Waals surface area contributed by atoms with Crippen LogP contribution in [0.4, 0.5) is 0 Å². The number of hydrogen-bond acceptors (Lipinski definition) is 7. The molecular formula is C23H34N4O7S. The molecule has 0 unspecified atom stereocenters. The van der Waals surface area contributed by atoms with E-state index in [0.717, 1.165) is 0 Å². The second-order valence-corrected chi connectivity index (χ2v) is 8.93. The minimum Gasteiger partial charge on any atom is -0.481 e. The number of hydrogen-bond donors (Lipinski definition) is 7. The fourth-order valence-electron chi connectivity index (χ4n) is 3.19. The van der Waals surface area contributed by atoms with Gasteiger partial charge in [0.1, 0.15) is 18.1 Å². The molecule has 0 aromatic heterocycles. The summed E-state index contributed by atoms with van der Waals surface area (Å²) in [6.45, 7) is 3.63. The molecule has 0 saturated carbocycles. The van der Waals surface area contributed by atoms with Gasteiger partial charge in [-0.25, -0.2) is 4.79 Å². The van der Waals surface area contributed by atoms with Crippen LogP contribution in [-0.2, 0) is 30.4 Å². The molecule has 1 aromatic carbocycles. The molecule has 12 heteroatoms. The van der Waals surface area contributed by atoms with Gasteiger partial charge in [-0.05, 0) is 24.3 Å². The highest BCUT2D eigenvalue weighted by Gasteiger charge is 2.31. The number of carbonyl (C=O) groups is 5. The van der Waals surface area contributed by atoms with Crippen molar-refractivity contribution in [3.63, 3.8) is 0 Å². The average Bonchev–Trinajstić information content (AvgIpc) is 2.80. The Morgan fingerprint density at radius 1 is 0.886 bits per heavy atom. The van der Waals surface area contributed by atoms with Gasteiger partial charge in [0.15, 0.2) is 0 Å². The number of carboxylic acids is 2. The Hall–Kier alpha value is -3.12. The molecule has 1 rings (SSSR count). The van der Waals surface area contributed by atoms with E-state index in [1.54, 1.807) is 30.3 Å². The van der Waals surface area contributed by atoms with Crippen LogP contribution >= 0.6 is 12.6 Å². The van der Waals surface area contributed by atoms with E-state index in [0.29, 0.717) is 5.56 Å². The highest BCUT2D eigenvalue weighted by atomic mass is 32.1. The molecule has 0 heterocycles. The van der Waals surface area contributed by atoms with Crippen molar-refractivity contribution in [1.82, 2.24) is 16.0 Å². The van der Waals surface area contributed by atoms with Gasteiger partial charge in [-0.1, -0.05) is 44.2 Å². The molecule has 0 bridgehead atoms. The number of aliphatic carboxylic acids is 2. The van der Waals surface area contributed by atoms with Crippen molar-refractivity contribution in [1.29, 1.82) is 0 Å². The first-order valence-electron chi connectivity index (χ1n) is 11.2. The maximum atomic E-state index is 13.0. The van der Waals surface area contributed by atoms with Crippen molar-refractivity contribution in [2.75, 3.05) is 5.75 Å². The summed E-state index contributed by atoms with van der Waals surface area (Å²) in [5.74, 6) is -4.59. The lowest BCUT2D eigenvalue weighted by molar-refractivity contribution is -0.142. The first-order chi connectivity index (χ1) is 16.4. The predicted octanol–water partition coefficient (Wildman–Crippen LogP) is -0.0639. The number of nitrogens with two attached hydrogens (primary N) is 1. The van der Waals surface area contributed by atoms with E-state index in [9.17, 15) is 29.1 Å². The molecule has 35 heavy (non-hydrogen) atoms. The molecule has 0 radical (unpaired) electrons. The Morgan fingerprint density at radius 3 is 1.94 bits per heavy atom. The highest BCUT2D eigenvalue weighted by Crippen LogP contribution is 2.09. The summed E-state index contributed by atoms with van der Waals surface area (Å²) in [6, 6.07) is 4.13. The third kappa shape index (κ3) is 11.2. The molecule has 0 aliphatic heterocycles. The van der Waals surface area contributed by atoms with Crippen molar-refractivity contribution >= 4 is 42.3 Å². The summed E-state index contributed by atoms with van der Waals surface area (Å²) in [5.41, 5.74) is 6.34. The lowest BCUT2D eigenvalue weighted by Gasteiger charge is -2.25. The third-order valence-corrected chi connectivity index (χ3v) is 5.44. The zero-order valence-corrected chi connectivity index (χ0v) is 20.7. The van der Waals surface area contributed by atoms with Gasteiger partial charge in [-0.2, -0.15) is 12.6 Å². The zero-order chi connectivity index (χ0) is 26.5. The van der Waals surface area contributed by atoms with Crippen LogP contribution in [0.25, 0.3) is 0 Å². The molecular weight excluding hydrogens is 476 g/mol. The quantitative estimate of drug-likeness (QED) is 0.160. The highest BCUT2D eigenvalue weighted by molar-refractivity contribution is 7.80. The van der Waals surface area contributed by atoms with Gasteiger partial charge in [0.05, 0.1) is 6.04 Å². The number of benzene rings is 1. The average molecular weight is 511 g/mol. The van der Waals surface area contributed by atoms with E-state index >= 15 is 0 Å². The SMILES string of the molecule is CC(C)C[C@H](NC(=O)[C@H](Cc1ccccc1)NC(=O)[C@H](CCC(=O)O)NC(=O)[C@@H](N)CS)C(=O)O. The van der Waals surface area contributed by atoms with Crippen LogP contribution in [0.5, 0.6) is 0 Å². The zero-order valence-electron chi connectivity index (χ0n) is 19.8. The summed E-state index contributed by atoms with van der Waals surface area (Å²) >= 11 is 3.94. The van der Waals surface area contributed by atoms with Crippen LogP contribution in [-0.4, -0.2) is 69.8 Å². The molecule has 3 amide bonds. The number of carbonyl (C=O) groups excluding carboxylic acids is 3. The first-order valence-corrected chi connectivity index (χ1v) is 11.8. The third-order valence-electron chi connectivity index (χ3n) is 5.05. The predicted molar refractivity (Wildman–Crippen MR) is 132 cm³/mol. The number of carboxylic acid groups (broad SMARTS) is 2. The smallest absolute Gasteiger partial charge is 0.326 e. The summed E-state index contributed by atoms with van der Waals surface area (Å²) in [4.78, 5) is 61.0. The molecule has 1 aromatic rings. The fraction of sp³-hybridized carbons (Fsp3) is 0.522. The molecule has 4 atom stereocenters. The molecule has 0 fully saturated rings. The van der Waals surface area contributed by atoms with E-state index in [2.05, 4.69) is 28.6 Å². The summed E-state index contributed by atoms with van der Waals surface area (Å²) in [5, 5.41) is 25.9. The van der Waals surface area contributed by atoms with Gasteiger partial charge in [-0.3, -0.25) is 19.2 Å². The normalized spacial score (nSPS) is 14.3. The summed E-state index contributed by atoms with van der Waals surface area (Å²) in [7, 11) is 0. The maximum Gasteiger partial charge on any atom is 0.326 e.